The lowest BCUT2D eigenvalue weighted by atomic mass is 9.53. The van der Waals surface area contributed by atoms with Crippen molar-refractivity contribution < 1.29 is 28.9 Å². The maximum absolute atomic E-state index is 13.1. The maximum atomic E-state index is 13.1. The highest BCUT2D eigenvalue weighted by atomic mass is 16.5. The Labute approximate surface area is 249 Å². The molecule has 0 unspecified atom stereocenters. The van der Waals surface area contributed by atoms with Gasteiger partial charge in [-0.15, -0.1) is 0 Å². The molecule has 2 aromatic carbocycles. The van der Waals surface area contributed by atoms with Crippen LogP contribution in [-0.4, -0.2) is 58.0 Å². The van der Waals surface area contributed by atoms with Crippen molar-refractivity contribution in [3.8, 4) is 28.4 Å². The Morgan fingerprint density at radius 1 is 1.05 bits per heavy atom. The van der Waals surface area contributed by atoms with Crippen LogP contribution in [0.3, 0.4) is 0 Å². The molecule has 1 spiro atoms. The number of hydrogen-bond acceptors (Lipinski definition) is 7. The van der Waals surface area contributed by atoms with Crippen LogP contribution in [-0.2, 0) is 0 Å². The first-order valence-corrected chi connectivity index (χ1v) is 14.4. The first kappa shape index (κ1) is 28.5. The standard InChI is InChI=1S/C33H36N4O6/c1-32(2,40)19-42-24-8-10-28-27(17-35-37(28)18-24)31(39)36-22-13-33(14-22)15-25(16-33)43-29-12-21(7-9-26(29)30(34)38)20-5-4-6-23(11-20)41-3/h4-12,17-18,22,25,40H,13-16,19H2,1-3H3,(H2,34,38)(H,36,39). The van der Waals surface area contributed by atoms with Crippen molar-refractivity contribution in [3.63, 3.8) is 0 Å². The van der Waals surface area contributed by atoms with Gasteiger partial charge in [0.1, 0.15) is 23.9 Å². The minimum Gasteiger partial charge on any atom is -0.497 e. The third kappa shape index (κ3) is 6.01. The number of ether oxygens (including phenoxy) is 3. The number of nitrogens with zero attached hydrogens (tertiary/aromatic N) is 2. The van der Waals surface area contributed by atoms with Gasteiger partial charge >= 0.3 is 0 Å². The van der Waals surface area contributed by atoms with Crippen molar-refractivity contribution in [1.29, 1.82) is 0 Å². The van der Waals surface area contributed by atoms with Gasteiger partial charge in [0.2, 0.25) is 0 Å². The fourth-order valence-corrected chi connectivity index (χ4v) is 6.14. The van der Waals surface area contributed by atoms with Gasteiger partial charge in [-0.05, 0) is 92.5 Å². The summed E-state index contributed by atoms with van der Waals surface area (Å²) < 4.78 is 18.9. The SMILES string of the molecule is COc1cccc(-c2ccc(C(N)=O)c(OC3CC4(CC(NC(=O)c5cnn6cc(OCC(C)(C)O)ccc56)C4)C3)c2)c1. The van der Waals surface area contributed by atoms with Crippen LogP contribution in [0.25, 0.3) is 16.6 Å². The summed E-state index contributed by atoms with van der Waals surface area (Å²) in [5.41, 5.74) is 8.23. The third-order valence-corrected chi connectivity index (χ3v) is 8.28. The average molecular weight is 585 g/mol. The molecule has 2 aromatic heterocycles. The fourth-order valence-electron chi connectivity index (χ4n) is 6.14. The van der Waals surface area contributed by atoms with Crippen molar-refractivity contribution >= 4 is 17.3 Å². The number of aliphatic hydroxyl groups is 1. The number of aromatic nitrogens is 2. The van der Waals surface area contributed by atoms with Gasteiger partial charge in [0, 0.05) is 6.04 Å². The Bertz CT molecular complexity index is 1680. The van der Waals surface area contributed by atoms with Gasteiger partial charge in [0.25, 0.3) is 11.8 Å². The van der Waals surface area contributed by atoms with Crippen LogP contribution >= 0.6 is 0 Å². The largest absolute Gasteiger partial charge is 0.497 e. The second-order valence-electron chi connectivity index (χ2n) is 12.4. The van der Waals surface area contributed by atoms with E-state index in [9.17, 15) is 14.7 Å². The molecule has 2 heterocycles. The predicted octanol–water partition coefficient (Wildman–Crippen LogP) is 4.38. The molecule has 2 amide bonds. The van der Waals surface area contributed by atoms with E-state index in [4.69, 9.17) is 19.9 Å². The molecule has 4 aromatic rings. The zero-order valence-corrected chi connectivity index (χ0v) is 24.5. The number of hydrogen-bond donors (Lipinski definition) is 3. The van der Waals surface area contributed by atoms with Gasteiger partial charge in [-0.25, -0.2) is 4.52 Å². The molecule has 0 aliphatic heterocycles. The van der Waals surface area contributed by atoms with Gasteiger partial charge in [0.15, 0.2) is 0 Å². The molecule has 0 saturated heterocycles. The molecule has 10 nitrogen and oxygen atoms in total. The maximum Gasteiger partial charge on any atom is 0.255 e. The number of carbonyl (C=O) groups is 2. The normalized spacial score (nSPS) is 21.1. The van der Waals surface area contributed by atoms with E-state index in [0.29, 0.717) is 28.1 Å². The van der Waals surface area contributed by atoms with Crippen molar-refractivity contribution in [2.24, 2.45) is 11.1 Å². The fraction of sp³-hybridized carbons (Fsp3) is 0.364. The number of amides is 2. The zero-order valence-electron chi connectivity index (χ0n) is 24.5. The molecule has 2 aliphatic carbocycles. The van der Waals surface area contributed by atoms with E-state index in [1.807, 2.05) is 36.4 Å². The second kappa shape index (κ2) is 10.9. The molecule has 6 rings (SSSR count). The highest BCUT2D eigenvalue weighted by Crippen LogP contribution is 2.57. The Morgan fingerprint density at radius 3 is 2.53 bits per heavy atom. The van der Waals surface area contributed by atoms with Crippen LogP contribution in [0.4, 0.5) is 0 Å². The Balaban J connectivity index is 1.04. The first-order chi connectivity index (χ1) is 20.5. The first-order valence-electron chi connectivity index (χ1n) is 14.4. The number of pyridine rings is 1. The van der Waals surface area contributed by atoms with Gasteiger partial charge in [-0.1, -0.05) is 18.2 Å². The number of nitrogens with two attached hydrogens (primary N) is 1. The summed E-state index contributed by atoms with van der Waals surface area (Å²) >= 11 is 0. The lowest BCUT2D eigenvalue weighted by Gasteiger charge is -2.57. The molecule has 0 radical (unpaired) electrons. The summed E-state index contributed by atoms with van der Waals surface area (Å²) in [4.78, 5) is 25.2. The molecule has 0 atom stereocenters. The number of rotatable bonds is 10. The molecular formula is C33H36N4O6. The summed E-state index contributed by atoms with van der Waals surface area (Å²) in [6.07, 6.45) is 6.68. The number of fused-ring (bicyclic) bond motifs is 1. The van der Waals surface area contributed by atoms with E-state index < -0.39 is 11.5 Å². The smallest absolute Gasteiger partial charge is 0.255 e. The van der Waals surface area contributed by atoms with E-state index in [1.54, 1.807) is 56.1 Å². The van der Waals surface area contributed by atoms with E-state index in [0.717, 1.165) is 42.6 Å². The van der Waals surface area contributed by atoms with Crippen LogP contribution in [0.15, 0.2) is 67.0 Å². The second-order valence-corrected chi connectivity index (χ2v) is 12.4. The Hall–Kier alpha value is -4.57. The van der Waals surface area contributed by atoms with Crippen LogP contribution in [0.1, 0.15) is 60.2 Å². The number of benzene rings is 2. The molecule has 4 N–H and O–H groups in total. The van der Waals surface area contributed by atoms with E-state index >= 15 is 0 Å². The molecule has 10 heteroatoms. The molecule has 2 saturated carbocycles. The Morgan fingerprint density at radius 2 is 1.81 bits per heavy atom. The molecule has 2 fully saturated rings. The third-order valence-electron chi connectivity index (χ3n) is 8.28. The van der Waals surface area contributed by atoms with Crippen LogP contribution < -0.4 is 25.3 Å². The number of carbonyl (C=O) groups excluding carboxylic acids is 2. The summed E-state index contributed by atoms with van der Waals surface area (Å²) in [6.45, 7) is 3.49. The van der Waals surface area contributed by atoms with Crippen molar-refractivity contribution in [1.82, 2.24) is 14.9 Å². The number of methoxy groups -OCH3 is 1. The van der Waals surface area contributed by atoms with E-state index in [-0.39, 0.29) is 30.1 Å². The molecule has 224 valence electrons. The molecule has 43 heavy (non-hydrogen) atoms. The van der Waals surface area contributed by atoms with Gasteiger partial charge in [0.05, 0.1) is 47.9 Å². The lowest BCUT2D eigenvalue weighted by molar-refractivity contribution is -0.0834. The van der Waals surface area contributed by atoms with Crippen LogP contribution in [0.2, 0.25) is 0 Å². The monoisotopic (exact) mass is 584 g/mol. The van der Waals surface area contributed by atoms with Crippen molar-refractivity contribution in [2.75, 3.05) is 13.7 Å². The summed E-state index contributed by atoms with van der Waals surface area (Å²) in [7, 11) is 1.63. The Kier molecular flexibility index (Phi) is 7.25. The summed E-state index contributed by atoms with van der Waals surface area (Å²) in [6, 6.07) is 16.8. The van der Waals surface area contributed by atoms with E-state index in [1.165, 1.54) is 0 Å². The average Bonchev–Trinajstić information content (AvgIpc) is 3.36. The lowest BCUT2D eigenvalue weighted by Crippen LogP contribution is -2.58. The number of primary amides is 1. The molecule has 0 bridgehead atoms. The predicted molar refractivity (Wildman–Crippen MR) is 161 cm³/mol. The zero-order chi connectivity index (χ0) is 30.4. The topological polar surface area (TPSA) is 137 Å². The quantitative estimate of drug-likeness (QED) is 0.252. The molecular weight excluding hydrogens is 548 g/mol. The highest BCUT2D eigenvalue weighted by molar-refractivity contribution is 6.01. The minimum absolute atomic E-state index is 0.0252. The van der Waals surface area contributed by atoms with Gasteiger partial charge in [-0.2, -0.15) is 5.10 Å². The minimum atomic E-state index is -0.953. The van der Waals surface area contributed by atoms with E-state index in [2.05, 4.69) is 10.4 Å². The van der Waals surface area contributed by atoms with Crippen LogP contribution in [0, 0.1) is 5.41 Å². The van der Waals surface area contributed by atoms with Crippen molar-refractivity contribution in [3.05, 3.63) is 78.1 Å². The summed E-state index contributed by atoms with van der Waals surface area (Å²) in [5.74, 6) is 1.10. The van der Waals surface area contributed by atoms with Crippen LogP contribution in [0.5, 0.6) is 17.2 Å². The van der Waals surface area contributed by atoms with Gasteiger partial charge in [-0.3, -0.25) is 9.59 Å². The summed E-state index contributed by atoms with van der Waals surface area (Å²) in [5, 5.41) is 17.4. The highest BCUT2D eigenvalue weighted by Gasteiger charge is 2.54. The molecule has 2 aliphatic rings. The number of nitrogens with one attached hydrogen (secondary N) is 1. The van der Waals surface area contributed by atoms with Gasteiger partial charge < -0.3 is 30.4 Å². The van der Waals surface area contributed by atoms with Crippen molar-refractivity contribution in [2.45, 2.75) is 57.3 Å².